The molecule has 1 aliphatic rings. The summed E-state index contributed by atoms with van der Waals surface area (Å²) in [6.45, 7) is 3.42. The van der Waals surface area contributed by atoms with Gasteiger partial charge in [-0.25, -0.2) is 0 Å². The van der Waals surface area contributed by atoms with E-state index in [2.05, 4.69) is 4.98 Å². The van der Waals surface area contributed by atoms with Crippen LogP contribution in [0.4, 0.5) is 0 Å². The number of carbonyl (C=O) groups is 2. The second-order valence-corrected chi connectivity index (χ2v) is 5.14. The third-order valence-electron chi connectivity index (χ3n) is 3.49. The fourth-order valence-corrected chi connectivity index (χ4v) is 2.39. The number of ether oxygens (including phenoxy) is 2. The third-order valence-corrected chi connectivity index (χ3v) is 3.49. The highest BCUT2D eigenvalue weighted by Crippen LogP contribution is 2.16. The van der Waals surface area contributed by atoms with Gasteiger partial charge in [-0.15, -0.1) is 0 Å². The molecule has 1 aromatic rings. The van der Waals surface area contributed by atoms with E-state index in [-0.39, 0.29) is 18.3 Å². The lowest BCUT2D eigenvalue weighted by Crippen LogP contribution is -2.40. The molecule has 0 N–H and O–H groups in total. The van der Waals surface area contributed by atoms with Crippen molar-refractivity contribution in [3.8, 4) is 0 Å². The van der Waals surface area contributed by atoms with Gasteiger partial charge in [-0.3, -0.25) is 14.6 Å². The Balaban J connectivity index is 1.99. The van der Waals surface area contributed by atoms with Crippen LogP contribution in [-0.2, 0) is 25.6 Å². The highest BCUT2D eigenvalue weighted by atomic mass is 16.5. The molecule has 0 spiro atoms. The Morgan fingerprint density at radius 2 is 2.32 bits per heavy atom. The SMILES string of the molecule is CCOC(=O)CCN(Cc1ccccn1)C(=O)C1CCCO1. The number of nitrogens with zero attached hydrogens (tertiary/aromatic N) is 2. The molecular weight excluding hydrogens is 284 g/mol. The highest BCUT2D eigenvalue weighted by molar-refractivity contribution is 5.81. The Morgan fingerprint density at radius 3 is 2.95 bits per heavy atom. The maximum atomic E-state index is 12.5. The number of hydrogen-bond donors (Lipinski definition) is 0. The van der Waals surface area contributed by atoms with Crippen LogP contribution in [0.15, 0.2) is 24.4 Å². The predicted octanol–water partition coefficient (Wildman–Crippen LogP) is 1.54. The summed E-state index contributed by atoms with van der Waals surface area (Å²) in [6, 6.07) is 5.57. The molecule has 1 aliphatic heterocycles. The molecular formula is C16H22N2O4. The molecule has 2 heterocycles. The Bertz CT molecular complexity index is 486. The second kappa shape index (κ2) is 8.48. The molecule has 0 bridgehead atoms. The molecule has 0 saturated carbocycles. The molecule has 0 radical (unpaired) electrons. The maximum absolute atomic E-state index is 12.5. The molecule has 6 nitrogen and oxygen atoms in total. The van der Waals surface area contributed by atoms with Crippen LogP contribution in [0.2, 0.25) is 0 Å². The maximum Gasteiger partial charge on any atom is 0.307 e. The van der Waals surface area contributed by atoms with Crippen molar-refractivity contribution in [2.75, 3.05) is 19.8 Å². The third kappa shape index (κ3) is 4.80. The minimum atomic E-state index is -0.397. The van der Waals surface area contributed by atoms with Crippen molar-refractivity contribution in [2.45, 2.75) is 38.8 Å². The van der Waals surface area contributed by atoms with Gasteiger partial charge < -0.3 is 14.4 Å². The van der Waals surface area contributed by atoms with Gasteiger partial charge in [0.1, 0.15) is 6.10 Å². The summed E-state index contributed by atoms with van der Waals surface area (Å²) in [6.07, 6.45) is 3.10. The molecule has 0 aliphatic carbocycles. The van der Waals surface area contributed by atoms with Crippen LogP contribution < -0.4 is 0 Å². The number of hydrogen-bond acceptors (Lipinski definition) is 5. The van der Waals surface area contributed by atoms with E-state index in [9.17, 15) is 9.59 Å². The van der Waals surface area contributed by atoms with Gasteiger partial charge in [0, 0.05) is 19.3 Å². The van der Waals surface area contributed by atoms with E-state index in [4.69, 9.17) is 9.47 Å². The molecule has 22 heavy (non-hydrogen) atoms. The Morgan fingerprint density at radius 1 is 1.45 bits per heavy atom. The lowest BCUT2D eigenvalue weighted by atomic mass is 10.2. The Labute approximate surface area is 130 Å². The van der Waals surface area contributed by atoms with Crippen molar-refractivity contribution >= 4 is 11.9 Å². The van der Waals surface area contributed by atoms with E-state index in [0.717, 1.165) is 18.5 Å². The second-order valence-electron chi connectivity index (χ2n) is 5.14. The van der Waals surface area contributed by atoms with E-state index in [0.29, 0.717) is 26.3 Å². The first-order valence-corrected chi connectivity index (χ1v) is 7.66. The summed E-state index contributed by atoms with van der Waals surface area (Å²) in [5.74, 6) is -0.374. The molecule has 1 amide bonds. The zero-order valence-corrected chi connectivity index (χ0v) is 12.9. The normalized spacial score (nSPS) is 17.2. The number of carbonyl (C=O) groups excluding carboxylic acids is 2. The summed E-state index contributed by atoms with van der Waals surface area (Å²) in [5, 5.41) is 0. The molecule has 1 aromatic heterocycles. The first kappa shape index (κ1) is 16.4. The van der Waals surface area contributed by atoms with Gasteiger partial charge in [0.05, 0.1) is 25.3 Å². The summed E-state index contributed by atoms with van der Waals surface area (Å²) >= 11 is 0. The fraction of sp³-hybridized carbons (Fsp3) is 0.562. The van der Waals surface area contributed by atoms with Crippen molar-refractivity contribution in [2.24, 2.45) is 0 Å². The van der Waals surface area contributed by atoms with Crippen molar-refractivity contribution < 1.29 is 19.1 Å². The van der Waals surface area contributed by atoms with E-state index in [1.807, 2.05) is 18.2 Å². The standard InChI is InChI=1S/C16H22N2O4/c1-2-21-15(19)8-10-18(12-13-6-3-4-9-17-13)16(20)14-7-5-11-22-14/h3-4,6,9,14H,2,5,7-8,10-12H2,1H3. The van der Waals surface area contributed by atoms with Crippen molar-refractivity contribution in [3.05, 3.63) is 30.1 Å². The van der Waals surface area contributed by atoms with Crippen molar-refractivity contribution in [1.82, 2.24) is 9.88 Å². The Hall–Kier alpha value is -1.95. The summed E-state index contributed by atoms with van der Waals surface area (Å²) < 4.78 is 10.4. The van der Waals surface area contributed by atoms with Crippen LogP contribution in [0.1, 0.15) is 31.9 Å². The molecule has 1 atom stereocenters. The monoisotopic (exact) mass is 306 g/mol. The van der Waals surface area contributed by atoms with E-state index in [1.165, 1.54) is 0 Å². The van der Waals surface area contributed by atoms with Gasteiger partial charge in [0.2, 0.25) is 0 Å². The minimum absolute atomic E-state index is 0.0764. The molecule has 6 heteroatoms. The quantitative estimate of drug-likeness (QED) is 0.715. The molecule has 1 saturated heterocycles. The van der Waals surface area contributed by atoms with Crippen molar-refractivity contribution in [1.29, 1.82) is 0 Å². The number of aromatic nitrogens is 1. The summed E-state index contributed by atoms with van der Waals surface area (Å²) in [4.78, 5) is 30.0. The smallest absolute Gasteiger partial charge is 0.307 e. The lowest BCUT2D eigenvalue weighted by molar-refractivity contribution is -0.146. The molecule has 1 unspecified atom stereocenters. The van der Waals surface area contributed by atoms with Gasteiger partial charge in [0.25, 0.3) is 5.91 Å². The largest absolute Gasteiger partial charge is 0.466 e. The zero-order chi connectivity index (χ0) is 15.8. The van der Waals surface area contributed by atoms with Crippen LogP contribution in [0.3, 0.4) is 0 Å². The molecule has 2 rings (SSSR count). The first-order chi connectivity index (χ1) is 10.7. The highest BCUT2D eigenvalue weighted by Gasteiger charge is 2.28. The molecule has 0 aromatic carbocycles. The van der Waals surface area contributed by atoms with Gasteiger partial charge in [-0.1, -0.05) is 6.07 Å². The summed E-state index contributed by atoms with van der Waals surface area (Å²) in [5.41, 5.74) is 0.790. The van der Waals surface area contributed by atoms with Crippen LogP contribution in [0.25, 0.3) is 0 Å². The van der Waals surface area contributed by atoms with E-state index >= 15 is 0 Å². The zero-order valence-electron chi connectivity index (χ0n) is 12.9. The van der Waals surface area contributed by atoms with Gasteiger partial charge >= 0.3 is 5.97 Å². The van der Waals surface area contributed by atoms with Crippen LogP contribution >= 0.6 is 0 Å². The van der Waals surface area contributed by atoms with Gasteiger partial charge in [-0.2, -0.15) is 0 Å². The average Bonchev–Trinajstić information content (AvgIpc) is 3.06. The van der Waals surface area contributed by atoms with Crippen LogP contribution in [0, 0.1) is 0 Å². The average molecular weight is 306 g/mol. The molecule has 1 fully saturated rings. The van der Waals surface area contributed by atoms with Gasteiger partial charge in [-0.05, 0) is 31.9 Å². The number of esters is 1. The van der Waals surface area contributed by atoms with E-state index < -0.39 is 6.10 Å². The van der Waals surface area contributed by atoms with Crippen LogP contribution in [0.5, 0.6) is 0 Å². The fourth-order valence-electron chi connectivity index (χ4n) is 2.39. The van der Waals surface area contributed by atoms with Crippen molar-refractivity contribution in [3.63, 3.8) is 0 Å². The first-order valence-electron chi connectivity index (χ1n) is 7.66. The Kier molecular flexibility index (Phi) is 6.33. The number of rotatable bonds is 7. The van der Waals surface area contributed by atoms with Gasteiger partial charge in [0.15, 0.2) is 0 Å². The van der Waals surface area contributed by atoms with E-state index in [1.54, 1.807) is 18.0 Å². The topological polar surface area (TPSA) is 68.7 Å². The lowest BCUT2D eigenvalue weighted by Gasteiger charge is -2.24. The summed E-state index contributed by atoms with van der Waals surface area (Å²) in [7, 11) is 0. The predicted molar refractivity (Wildman–Crippen MR) is 79.9 cm³/mol. The minimum Gasteiger partial charge on any atom is -0.466 e. The number of amides is 1. The molecule has 120 valence electrons. The number of pyridine rings is 1. The van der Waals surface area contributed by atoms with Crippen LogP contribution in [-0.4, -0.2) is 47.6 Å².